The molecule has 0 aromatic carbocycles. The van der Waals surface area contributed by atoms with Gasteiger partial charge >= 0.3 is 6.09 Å². The van der Waals surface area contributed by atoms with Gasteiger partial charge in [0.1, 0.15) is 34.9 Å². The van der Waals surface area contributed by atoms with E-state index < -0.39 is 28.8 Å². The van der Waals surface area contributed by atoms with E-state index >= 15 is 0 Å². The summed E-state index contributed by atoms with van der Waals surface area (Å²) in [5.74, 6) is -0.251. The van der Waals surface area contributed by atoms with Crippen molar-refractivity contribution in [2.24, 2.45) is 0 Å². The van der Waals surface area contributed by atoms with Crippen LogP contribution in [0.5, 0.6) is 0 Å². The van der Waals surface area contributed by atoms with Gasteiger partial charge in [-0.1, -0.05) is 11.6 Å². The van der Waals surface area contributed by atoms with Gasteiger partial charge in [-0.25, -0.2) is 14.8 Å². The molecule has 2 aliphatic rings. The van der Waals surface area contributed by atoms with Crippen molar-refractivity contribution in [3.05, 3.63) is 39.5 Å². The van der Waals surface area contributed by atoms with Crippen molar-refractivity contribution >= 4 is 40.9 Å². The molecule has 11 nitrogen and oxygen atoms in total. The van der Waals surface area contributed by atoms with E-state index in [-0.39, 0.29) is 28.0 Å². The number of anilines is 3. The van der Waals surface area contributed by atoms with Gasteiger partial charge in [-0.15, -0.1) is 0 Å². The van der Waals surface area contributed by atoms with Gasteiger partial charge in [0.2, 0.25) is 0 Å². The molecule has 2 aromatic rings. The minimum absolute atomic E-state index is 0.0287. The van der Waals surface area contributed by atoms with Gasteiger partial charge in [0, 0.05) is 12.5 Å². The van der Waals surface area contributed by atoms with Gasteiger partial charge in [0.15, 0.2) is 5.66 Å². The first-order chi connectivity index (χ1) is 13.6. The Hall–Kier alpha value is -3.18. The third-order valence-corrected chi connectivity index (χ3v) is 5.45. The largest absolute Gasteiger partial charge is 0.465 e. The zero-order valence-corrected chi connectivity index (χ0v) is 16.2. The molecule has 4 heterocycles. The SMILES string of the molecule is CC1(C)OCCC12NC(=O)c1c(Cl)cc(Nc3cc(NC(=O)O)ncn3)c(=O)n12. The topological polar surface area (TPSA) is 147 Å². The molecule has 0 radical (unpaired) electrons. The van der Waals surface area contributed by atoms with E-state index in [0.717, 1.165) is 6.33 Å². The number of hydrogen-bond acceptors (Lipinski definition) is 7. The Kier molecular flexibility index (Phi) is 4.24. The molecule has 1 unspecified atom stereocenters. The van der Waals surface area contributed by atoms with Gasteiger partial charge in [-0.05, 0) is 19.9 Å². The van der Waals surface area contributed by atoms with Gasteiger partial charge in [0.05, 0.1) is 11.6 Å². The van der Waals surface area contributed by atoms with Crippen LogP contribution >= 0.6 is 11.6 Å². The maximum absolute atomic E-state index is 13.3. The van der Waals surface area contributed by atoms with Crippen LogP contribution in [-0.2, 0) is 10.4 Å². The van der Waals surface area contributed by atoms with Crippen LogP contribution in [0, 0.1) is 0 Å². The molecule has 12 heteroatoms. The number of fused-ring (bicyclic) bond motifs is 2. The number of nitrogens with zero attached hydrogens (tertiary/aromatic N) is 3. The van der Waals surface area contributed by atoms with E-state index in [1.807, 2.05) is 0 Å². The Morgan fingerprint density at radius 3 is 2.69 bits per heavy atom. The highest BCUT2D eigenvalue weighted by atomic mass is 35.5. The number of carbonyl (C=O) groups is 2. The molecular weight excluding hydrogens is 404 g/mol. The molecule has 152 valence electrons. The number of nitrogens with one attached hydrogen (secondary N) is 3. The number of ether oxygens (including phenoxy) is 1. The lowest BCUT2D eigenvalue weighted by atomic mass is 9.91. The maximum atomic E-state index is 13.3. The molecule has 1 spiro atoms. The number of halogens is 1. The number of rotatable bonds is 3. The zero-order chi connectivity index (χ0) is 21.0. The summed E-state index contributed by atoms with van der Waals surface area (Å²) in [6, 6.07) is 2.66. The minimum atomic E-state index is -1.29. The highest BCUT2D eigenvalue weighted by Crippen LogP contribution is 2.44. The quantitative estimate of drug-likeness (QED) is 0.586. The summed E-state index contributed by atoms with van der Waals surface area (Å²) in [4.78, 5) is 44.5. The number of carbonyl (C=O) groups excluding carboxylic acids is 1. The van der Waals surface area contributed by atoms with Crippen LogP contribution in [0.2, 0.25) is 5.02 Å². The molecule has 1 saturated heterocycles. The molecule has 1 atom stereocenters. The second-order valence-corrected chi connectivity index (χ2v) is 7.57. The van der Waals surface area contributed by atoms with E-state index in [2.05, 4.69) is 25.9 Å². The van der Waals surface area contributed by atoms with E-state index in [4.69, 9.17) is 21.4 Å². The van der Waals surface area contributed by atoms with Gasteiger partial charge in [-0.3, -0.25) is 19.5 Å². The first kappa shape index (κ1) is 19.2. The predicted octanol–water partition coefficient (Wildman–Crippen LogP) is 1.72. The fraction of sp³-hybridized carbons (Fsp3) is 0.353. The second kappa shape index (κ2) is 6.42. The number of amides is 2. The Labute approximate surface area is 169 Å². The zero-order valence-electron chi connectivity index (χ0n) is 15.4. The number of hydrogen-bond donors (Lipinski definition) is 4. The summed E-state index contributed by atoms with van der Waals surface area (Å²) in [5, 5.41) is 16.7. The average Bonchev–Trinajstić information content (AvgIpc) is 3.09. The Morgan fingerprint density at radius 1 is 1.31 bits per heavy atom. The predicted molar refractivity (Wildman–Crippen MR) is 103 cm³/mol. The second-order valence-electron chi connectivity index (χ2n) is 7.16. The lowest BCUT2D eigenvalue weighted by Gasteiger charge is -2.37. The fourth-order valence-corrected chi connectivity index (χ4v) is 4.04. The first-order valence-corrected chi connectivity index (χ1v) is 9.04. The van der Waals surface area contributed by atoms with E-state index in [9.17, 15) is 14.4 Å². The lowest BCUT2D eigenvalue weighted by Crippen LogP contribution is -2.58. The van der Waals surface area contributed by atoms with Gasteiger partial charge in [-0.2, -0.15) is 0 Å². The van der Waals surface area contributed by atoms with Crippen LogP contribution in [0.4, 0.5) is 22.1 Å². The van der Waals surface area contributed by atoms with Crippen LogP contribution < -0.4 is 21.5 Å². The molecule has 1 fully saturated rings. The Bertz CT molecular complexity index is 1100. The molecule has 4 rings (SSSR count). The number of pyridine rings is 1. The van der Waals surface area contributed by atoms with Crippen LogP contribution in [0.15, 0.2) is 23.3 Å². The summed E-state index contributed by atoms with van der Waals surface area (Å²) in [6.07, 6.45) is 0.254. The molecule has 0 saturated carbocycles. The highest BCUT2D eigenvalue weighted by Gasteiger charge is 2.58. The molecule has 29 heavy (non-hydrogen) atoms. The van der Waals surface area contributed by atoms with Crippen molar-refractivity contribution in [2.45, 2.75) is 31.5 Å². The average molecular weight is 421 g/mol. The van der Waals surface area contributed by atoms with Crippen LogP contribution in [0.25, 0.3) is 0 Å². The highest BCUT2D eigenvalue weighted by molar-refractivity contribution is 6.34. The summed E-state index contributed by atoms with van der Waals surface area (Å²) in [5.41, 5.74) is -2.27. The van der Waals surface area contributed by atoms with Gasteiger partial charge < -0.3 is 20.5 Å². The van der Waals surface area contributed by atoms with Crippen molar-refractivity contribution in [2.75, 3.05) is 17.2 Å². The normalized spacial score (nSPS) is 21.7. The third-order valence-electron chi connectivity index (χ3n) is 5.16. The summed E-state index contributed by atoms with van der Waals surface area (Å²) >= 11 is 6.34. The van der Waals surface area contributed by atoms with Crippen molar-refractivity contribution in [1.29, 1.82) is 0 Å². The van der Waals surface area contributed by atoms with Gasteiger partial charge in [0.25, 0.3) is 11.5 Å². The third kappa shape index (κ3) is 2.89. The molecule has 0 bridgehead atoms. The van der Waals surface area contributed by atoms with Crippen molar-refractivity contribution in [3.63, 3.8) is 0 Å². The van der Waals surface area contributed by atoms with Crippen LogP contribution in [-0.4, -0.2) is 43.8 Å². The molecular formula is C17H17ClN6O5. The monoisotopic (exact) mass is 420 g/mol. The standard InChI is InChI=1S/C17H17ClN6O5/c1-16(2)17(3-4-29-16)23-13(25)12-8(18)5-9(14(26)24(12)17)21-10-6-11(20-7-19-10)22-15(27)28/h5-7H,3-4H2,1-2H3,(H,23,25)(H,27,28)(H2,19,20,21,22). The first-order valence-electron chi connectivity index (χ1n) is 8.66. The van der Waals surface area contributed by atoms with Crippen molar-refractivity contribution in [1.82, 2.24) is 19.9 Å². The van der Waals surface area contributed by atoms with E-state index in [1.54, 1.807) is 13.8 Å². The molecule has 4 N–H and O–H groups in total. The number of aromatic nitrogens is 3. The maximum Gasteiger partial charge on any atom is 0.410 e. The summed E-state index contributed by atoms with van der Waals surface area (Å²) in [7, 11) is 0. The lowest BCUT2D eigenvalue weighted by molar-refractivity contribution is -0.0335. The van der Waals surface area contributed by atoms with Crippen molar-refractivity contribution in [3.8, 4) is 0 Å². The van der Waals surface area contributed by atoms with Crippen LogP contribution in [0.3, 0.4) is 0 Å². The van der Waals surface area contributed by atoms with E-state index in [1.165, 1.54) is 16.7 Å². The molecule has 2 amide bonds. The number of carboxylic acid groups (broad SMARTS) is 1. The Balaban J connectivity index is 1.81. The molecule has 2 aliphatic heterocycles. The molecule has 0 aliphatic carbocycles. The summed E-state index contributed by atoms with van der Waals surface area (Å²) < 4.78 is 7.10. The molecule has 2 aromatic heterocycles. The van der Waals surface area contributed by atoms with Crippen LogP contribution in [0.1, 0.15) is 30.8 Å². The van der Waals surface area contributed by atoms with Crippen molar-refractivity contribution < 1.29 is 19.4 Å². The fourth-order valence-electron chi connectivity index (χ4n) is 3.76. The van der Waals surface area contributed by atoms with E-state index in [0.29, 0.717) is 13.0 Å². The minimum Gasteiger partial charge on any atom is -0.465 e. The Morgan fingerprint density at radius 2 is 2.03 bits per heavy atom. The summed E-state index contributed by atoms with van der Waals surface area (Å²) in [6.45, 7) is 3.96. The smallest absolute Gasteiger partial charge is 0.410 e.